The van der Waals surface area contributed by atoms with Gasteiger partial charge in [0.25, 0.3) is 0 Å². The molecule has 2 rings (SSSR count). The standard InChI is InChI=1S/C9H11N3S.CH4/c1-7-11-5-9(13-7)3-2-8-4-10-6-12-8;/h4-6H,2-3H2,1H3,(H,10,12);1H4. The van der Waals surface area contributed by atoms with Crippen molar-refractivity contribution in [1.82, 2.24) is 15.0 Å². The van der Waals surface area contributed by atoms with E-state index in [0.717, 1.165) is 17.8 Å². The molecular formula is C10H15N3S. The predicted octanol–water partition coefficient (Wildman–Crippen LogP) is 2.60. The minimum atomic E-state index is 0. The first-order chi connectivity index (χ1) is 6.34. The zero-order valence-corrected chi connectivity index (χ0v) is 8.27. The molecule has 0 unspecified atom stereocenters. The number of imidazole rings is 1. The normalized spacial score (nSPS) is 9.79. The van der Waals surface area contributed by atoms with Crippen LogP contribution >= 0.6 is 11.3 Å². The quantitative estimate of drug-likeness (QED) is 0.844. The van der Waals surface area contributed by atoms with Crippen molar-refractivity contribution in [2.24, 2.45) is 0 Å². The molecule has 0 aromatic carbocycles. The van der Waals surface area contributed by atoms with Crippen LogP contribution in [-0.4, -0.2) is 15.0 Å². The lowest BCUT2D eigenvalue weighted by atomic mass is 10.2. The molecule has 0 amide bonds. The van der Waals surface area contributed by atoms with Crippen molar-refractivity contribution < 1.29 is 0 Å². The summed E-state index contributed by atoms with van der Waals surface area (Å²) < 4.78 is 0. The van der Waals surface area contributed by atoms with Crippen LogP contribution in [-0.2, 0) is 12.8 Å². The molecule has 2 aromatic rings. The fourth-order valence-electron chi connectivity index (χ4n) is 1.20. The summed E-state index contributed by atoms with van der Waals surface area (Å²) in [6.45, 7) is 2.03. The van der Waals surface area contributed by atoms with Crippen LogP contribution < -0.4 is 0 Å². The van der Waals surface area contributed by atoms with E-state index in [4.69, 9.17) is 0 Å². The molecular weight excluding hydrogens is 194 g/mol. The summed E-state index contributed by atoms with van der Waals surface area (Å²) >= 11 is 1.76. The summed E-state index contributed by atoms with van der Waals surface area (Å²) in [5, 5.41) is 1.14. The number of aromatic nitrogens is 3. The van der Waals surface area contributed by atoms with Crippen molar-refractivity contribution in [3.63, 3.8) is 0 Å². The molecule has 2 heterocycles. The van der Waals surface area contributed by atoms with Crippen LogP contribution in [0.2, 0.25) is 0 Å². The summed E-state index contributed by atoms with van der Waals surface area (Å²) in [5.74, 6) is 0. The lowest BCUT2D eigenvalue weighted by Gasteiger charge is -1.92. The van der Waals surface area contributed by atoms with Crippen LogP contribution in [0, 0.1) is 6.92 Å². The van der Waals surface area contributed by atoms with Gasteiger partial charge in [0, 0.05) is 23.0 Å². The van der Waals surface area contributed by atoms with Gasteiger partial charge in [-0.05, 0) is 19.8 Å². The highest BCUT2D eigenvalue weighted by atomic mass is 32.1. The van der Waals surface area contributed by atoms with Crippen molar-refractivity contribution in [3.8, 4) is 0 Å². The highest BCUT2D eigenvalue weighted by molar-refractivity contribution is 7.11. The van der Waals surface area contributed by atoms with Gasteiger partial charge in [-0.3, -0.25) is 0 Å². The van der Waals surface area contributed by atoms with Crippen molar-refractivity contribution in [2.75, 3.05) is 0 Å². The van der Waals surface area contributed by atoms with Gasteiger partial charge in [-0.15, -0.1) is 11.3 Å². The van der Waals surface area contributed by atoms with E-state index in [1.54, 1.807) is 17.7 Å². The molecule has 0 aliphatic carbocycles. The molecule has 0 radical (unpaired) electrons. The maximum Gasteiger partial charge on any atom is 0.0921 e. The minimum absolute atomic E-state index is 0. The first-order valence-corrected chi connectivity index (χ1v) is 5.05. The van der Waals surface area contributed by atoms with E-state index >= 15 is 0 Å². The maximum atomic E-state index is 4.21. The molecule has 0 saturated heterocycles. The largest absolute Gasteiger partial charge is 0.348 e. The van der Waals surface area contributed by atoms with E-state index in [2.05, 4.69) is 15.0 Å². The molecule has 0 aliphatic heterocycles. The first kappa shape index (κ1) is 10.9. The van der Waals surface area contributed by atoms with E-state index in [0.29, 0.717) is 0 Å². The molecule has 4 heteroatoms. The van der Waals surface area contributed by atoms with Crippen LogP contribution in [0.15, 0.2) is 18.7 Å². The summed E-state index contributed by atoms with van der Waals surface area (Å²) in [7, 11) is 0. The highest BCUT2D eigenvalue weighted by Gasteiger charge is 1.99. The van der Waals surface area contributed by atoms with Gasteiger partial charge in [-0.25, -0.2) is 9.97 Å². The molecule has 0 atom stereocenters. The zero-order valence-electron chi connectivity index (χ0n) is 7.45. The van der Waals surface area contributed by atoms with E-state index in [9.17, 15) is 0 Å². The SMILES string of the molecule is C.Cc1ncc(CCc2cnc[nH]2)s1. The van der Waals surface area contributed by atoms with Gasteiger partial charge >= 0.3 is 0 Å². The number of thiazole rings is 1. The molecule has 3 nitrogen and oxygen atoms in total. The number of aryl methyl sites for hydroxylation is 3. The number of nitrogens with zero attached hydrogens (tertiary/aromatic N) is 2. The molecule has 0 saturated carbocycles. The van der Waals surface area contributed by atoms with Crippen molar-refractivity contribution >= 4 is 11.3 Å². The van der Waals surface area contributed by atoms with Gasteiger partial charge in [0.15, 0.2) is 0 Å². The van der Waals surface area contributed by atoms with Crippen LogP contribution in [0.5, 0.6) is 0 Å². The van der Waals surface area contributed by atoms with Crippen molar-refractivity contribution in [1.29, 1.82) is 0 Å². The maximum absolute atomic E-state index is 4.21. The molecule has 0 aliphatic rings. The van der Waals surface area contributed by atoms with Gasteiger partial charge in [-0.2, -0.15) is 0 Å². The number of nitrogens with one attached hydrogen (secondary N) is 1. The summed E-state index contributed by atoms with van der Waals surface area (Å²) in [4.78, 5) is 12.6. The van der Waals surface area contributed by atoms with Crippen molar-refractivity contribution in [2.45, 2.75) is 27.2 Å². The third kappa shape index (κ3) is 2.67. The summed E-state index contributed by atoms with van der Waals surface area (Å²) in [6.07, 6.45) is 7.60. The second-order valence-electron chi connectivity index (χ2n) is 2.92. The fourth-order valence-corrected chi connectivity index (χ4v) is 1.99. The van der Waals surface area contributed by atoms with Gasteiger partial charge in [-0.1, -0.05) is 7.43 Å². The number of hydrogen-bond donors (Lipinski definition) is 1. The van der Waals surface area contributed by atoms with Crippen molar-refractivity contribution in [3.05, 3.63) is 34.3 Å². The van der Waals surface area contributed by atoms with Gasteiger partial charge in [0.2, 0.25) is 0 Å². The van der Waals surface area contributed by atoms with E-state index < -0.39 is 0 Å². The van der Waals surface area contributed by atoms with Gasteiger partial charge < -0.3 is 4.98 Å². The van der Waals surface area contributed by atoms with Gasteiger partial charge in [0.05, 0.1) is 11.3 Å². The Morgan fingerprint density at radius 2 is 2.21 bits per heavy atom. The van der Waals surface area contributed by atoms with Crippen LogP contribution in [0.1, 0.15) is 23.0 Å². The number of rotatable bonds is 3. The highest BCUT2D eigenvalue weighted by Crippen LogP contribution is 2.13. The second kappa shape index (κ2) is 4.91. The number of hydrogen-bond acceptors (Lipinski definition) is 3. The van der Waals surface area contributed by atoms with E-state index in [-0.39, 0.29) is 7.43 Å². The number of H-pyrrole nitrogens is 1. The molecule has 14 heavy (non-hydrogen) atoms. The molecule has 0 fully saturated rings. The van der Waals surface area contributed by atoms with Crippen LogP contribution in [0.3, 0.4) is 0 Å². The Morgan fingerprint density at radius 3 is 2.79 bits per heavy atom. The lowest BCUT2D eigenvalue weighted by Crippen LogP contribution is -1.87. The Morgan fingerprint density at radius 1 is 1.36 bits per heavy atom. The summed E-state index contributed by atoms with van der Waals surface area (Å²) in [5.41, 5.74) is 1.19. The third-order valence-corrected chi connectivity index (χ3v) is 2.84. The average molecular weight is 209 g/mol. The van der Waals surface area contributed by atoms with Crippen LogP contribution in [0.25, 0.3) is 0 Å². The Kier molecular flexibility index (Phi) is 3.83. The minimum Gasteiger partial charge on any atom is -0.348 e. The zero-order chi connectivity index (χ0) is 9.10. The topological polar surface area (TPSA) is 41.6 Å². The molecule has 0 spiro atoms. The Hall–Kier alpha value is -1.16. The third-order valence-electron chi connectivity index (χ3n) is 1.86. The molecule has 0 bridgehead atoms. The second-order valence-corrected chi connectivity index (χ2v) is 4.24. The molecule has 76 valence electrons. The average Bonchev–Trinajstić information content (AvgIpc) is 2.71. The first-order valence-electron chi connectivity index (χ1n) is 4.23. The monoisotopic (exact) mass is 209 g/mol. The van der Waals surface area contributed by atoms with E-state index in [1.807, 2.05) is 19.3 Å². The smallest absolute Gasteiger partial charge is 0.0921 e. The predicted molar refractivity (Wildman–Crippen MR) is 59.6 cm³/mol. The van der Waals surface area contributed by atoms with E-state index in [1.165, 1.54) is 10.6 Å². The number of aromatic amines is 1. The van der Waals surface area contributed by atoms with Crippen LogP contribution in [0.4, 0.5) is 0 Å². The summed E-state index contributed by atoms with van der Waals surface area (Å²) in [6, 6.07) is 0. The fraction of sp³-hybridized carbons (Fsp3) is 0.400. The Labute approximate surface area is 88.2 Å². The Bertz CT molecular complexity index is 364. The molecule has 2 aromatic heterocycles. The Balaban J connectivity index is 0.000000980. The molecule has 1 N–H and O–H groups in total. The lowest BCUT2D eigenvalue weighted by molar-refractivity contribution is 0.938. The van der Waals surface area contributed by atoms with Gasteiger partial charge in [0.1, 0.15) is 0 Å².